The number of hydrogen-bond acceptors (Lipinski definition) is 3. The number of hydrogen-bond donors (Lipinski definition) is 1. The van der Waals surface area contributed by atoms with Crippen molar-refractivity contribution in [1.82, 2.24) is 5.48 Å². The zero-order valence-corrected chi connectivity index (χ0v) is 13.0. The molecule has 0 fully saturated rings. The molecule has 1 N–H and O–H groups in total. The molecule has 4 heteroatoms. The van der Waals surface area contributed by atoms with Crippen LogP contribution in [-0.4, -0.2) is 18.6 Å². The normalized spacial score (nSPS) is 12.6. The largest absolute Gasteiger partial charge is 0.481 e. The Bertz CT molecular complexity index is 429. The SMILES string of the molecule is CC(C)CONC(=O)[C@H](C)Oc1cccc(C(C)C)c1. The maximum Gasteiger partial charge on any atom is 0.284 e. The lowest BCUT2D eigenvalue weighted by atomic mass is 10.0. The highest BCUT2D eigenvalue weighted by Crippen LogP contribution is 2.20. The predicted octanol–water partition coefficient (Wildman–Crippen LogP) is 3.28. The van der Waals surface area contributed by atoms with Crippen molar-refractivity contribution in [3.63, 3.8) is 0 Å². The minimum absolute atomic E-state index is 0.277. The second-order valence-corrected chi connectivity index (χ2v) is 5.66. The molecule has 0 unspecified atom stereocenters. The summed E-state index contributed by atoms with van der Waals surface area (Å²) in [4.78, 5) is 16.9. The van der Waals surface area contributed by atoms with Crippen LogP contribution in [-0.2, 0) is 9.63 Å². The quantitative estimate of drug-likeness (QED) is 0.779. The molecule has 20 heavy (non-hydrogen) atoms. The van der Waals surface area contributed by atoms with E-state index in [0.29, 0.717) is 24.2 Å². The minimum atomic E-state index is -0.593. The molecular weight excluding hydrogens is 254 g/mol. The average Bonchev–Trinajstić information content (AvgIpc) is 2.38. The summed E-state index contributed by atoms with van der Waals surface area (Å²) in [5.74, 6) is 1.22. The number of carbonyl (C=O) groups is 1. The van der Waals surface area contributed by atoms with E-state index in [1.165, 1.54) is 5.56 Å². The Kier molecular flexibility index (Phi) is 6.52. The zero-order chi connectivity index (χ0) is 15.1. The second-order valence-electron chi connectivity index (χ2n) is 5.66. The van der Waals surface area contributed by atoms with Gasteiger partial charge in [0, 0.05) is 0 Å². The summed E-state index contributed by atoms with van der Waals surface area (Å²) in [6.45, 7) is 10.5. The highest BCUT2D eigenvalue weighted by Gasteiger charge is 2.15. The van der Waals surface area contributed by atoms with Crippen LogP contribution in [0.4, 0.5) is 0 Å². The smallest absolute Gasteiger partial charge is 0.284 e. The van der Waals surface area contributed by atoms with Crippen LogP contribution in [0.2, 0.25) is 0 Å². The van der Waals surface area contributed by atoms with Crippen LogP contribution in [0.3, 0.4) is 0 Å². The molecule has 1 amide bonds. The van der Waals surface area contributed by atoms with E-state index in [1.807, 2.05) is 38.1 Å². The third-order valence-electron chi connectivity index (χ3n) is 2.80. The molecule has 0 saturated heterocycles. The van der Waals surface area contributed by atoms with Gasteiger partial charge in [0.15, 0.2) is 6.10 Å². The molecule has 4 nitrogen and oxygen atoms in total. The van der Waals surface area contributed by atoms with Crippen molar-refractivity contribution < 1.29 is 14.4 Å². The fourth-order valence-corrected chi connectivity index (χ4v) is 1.57. The van der Waals surface area contributed by atoms with Crippen molar-refractivity contribution >= 4 is 5.91 Å². The van der Waals surface area contributed by atoms with Gasteiger partial charge in [-0.1, -0.05) is 39.8 Å². The third-order valence-corrected chi connectivity index (χ3v) is 2.80. The monoisotopic (exact) mass is 279 g/mol. The lowest BCUT2D eigenvalue weighted by molar-refractivity contribution is -0.140. The Labute approximate surface area is 121 Å². The fraction of sp³-hybridized carbons (Fsp3) is 0.562. The van der Waals surface area contributed by atoms with E-state index in [2.05, 4.69) is 19.3 Å². The molecular formula is C16H25NO3. The first-order chi connectivity index (χ1) is 9.40. The van der Waals surface area contributed by atoms with Crippen molar-refractivity contribution in [1.29, 1.82) is 0 Å². The Morgan fingerprint density at radius 1 is 1.20 bits per heavy atom. The van der Waals surface area contributed by atoms with Gasteiger partial charge in [-0.3, -0.25) is 9.63 Å². The zero-order valence-electron chi connectivity index (χ0n) is 13.0. The molecule has 1 atom stereocenters. The molecule has 0 spiro atoms. The summed E-state index contributed by atoms with van der Waals surface area (Å²) in [5.41, 5.74) is 3.59. The lowest BCUT2D eigenvalue weighted by Gasteiger charge is -2.16. The Morgan fingerprint density at radius 2 is 1.90 bits per heavy atom. The van der Waals surface area contributed by atoms with Gasteiger partial charge in [0.2, 0.25) is 0 Å². The van der Waals surface area contributed by atoms with Crippen LogP contribution in [0, 0.1) is 5.92 Å². The first-order valence-electron chi connectivity index (χ1n) is 7.08. The van der Waals surface area contributed by atoms with Crippen LogP contribution >= 0.6 is 0 Å². The molecule has 0 aromatic heterocycles. The van der Waals surface area contributed by atoms with E-state index in [9.17, 15) is 4.79 Å². The van der Waals surface area contributed by atoms with Crippen molar-refractivity contribution in [3.8, 4) is 5.75 Å². The summed E-state index contributed by atoms with van der Waals surface area (Å²) in [6.07, 6.45) is -0.593. The molecule has 0 aliphatic rings. The number of nitrogens with one attached hydrogen (secondary N) is 1. The summed E-state index contributed by atoms with van der Waals surface area (Å²) < 4.78 is 5.63. The minimum Gasteiger partial charge on any atom is -0.481 e. The van der Waals surface area contributed by atoms with Gasteiger partial charge < -0.3 is 4.74 Å². The molecule has 1 aromatic carbocycles. The van der Waals surface area contributed by atoms with E-state index < -0.39 is 6.10 Å². The number of carbonyl (C=O) groups excluding carboxylic acids is 1. The number of ether oxygens (including phenoxy) is 1. The summed E-state index contributed by atoms with van der Waals surface area (Å²) in [5, 5.41) is 0. The maximum absolute atomic E-state index is 11.8. The van der Waals surface area contributed by atoms with E-state index in [1.54, 1.807) is 6.92 Å². The van der Waals surface area contributed by atoms with Crippen molar-refractivity contribution in [2.75, 3.05) is 6.61 Å². The van der Waals surface area contributed by atoms with E-state index in [-0.39, 0.29) is 5.91 Å². The van der Waals surface area contributed by atoms with Gasteiger partial charge in [0.1, 0.15) is 5.75 Å². The fourth-order valence-electron chi connectivity index (χ4n) is 1.57. The first kappa shape index (κ1) is 16.5. The molecule has 0 saturated carbocycles. The van der Waals surface area contributed by atoms with Gasteiger partial charge in [-0.25, -0.2) is 5.48 Å². The molecule has 1 rings (SSSR count). The third kappa shape index (κ3) is 5.61. The van der Waals surface area contributed by atoms with Crippen molar-refractivity contribution in [2.24, 2.45) is 5.92 Å². The second kappa shape index (κ2) is 7.90. The van der Waals surface area contributed by atoms with Gasteiger partial charge in [0.25, 0.3) is 5.91 Å². The standard InChI is InChI=1S/C16H25NO3/c1-11(2)10-19-17-16(18)13(5)20-15-8-6-7-14(9-15)12(3)4/h6-9,11-13H,10H2,1-5H3,(H,17,18)/t13-/m0/s1. The van der Waals surface area contributed by atoms with Gasteiger partial charge in [-0.05, 0) is 36.5 Å². The van der Waals surface area contributed by atoms with Gasteiger partial charge in [0.05, 0.1) is 6.61 Å². The molecule has 0 heterocycles. The first-order valence-corrected chi connectivity index (χ1v) is 7.08. The van der Waals surface area contributed by atoms with Crippen LogP contribution < -0.4 is 10.2 Å². The number of benzene rings is 1. The van der Waals surface area contributed by atoms with Gasteiger partial charge in [-0.15, -0.1) is 0 Å². The van der Waals surface area contributed by atoms with E-state index in [0.717, 1.165) is 0 Å². The van der Waals surface area contributed by atoms with Crippen molar-refractivity contribution in [3.05, 3.63) is 29.8 Å². The number of amides is 1. The molecule has 0 radical (unpaired) electrons. The van der Waals surface area contributed by atoms with Crippen LogP contribution in [0.1, 0.15) is 46.1 Å². The number of hydroxylamine groups is 1. The molecule has 0 aliphatic carbocycles. The highest BCUT2D eigenvalue weighted by atomic mass is 16.7. The van der Waals surface area contributed by atoms with Gasteiger partial charge >= 0.3 is 0 Å². The molecule has 0 bridgehead atoms. The van der Waals surface area contributed by atoms with Crippen LogP contribution in [0.5, 0.6) is 5.75 Å². The summed E-state index contributed by atoms with van der Waals surface area (Å²) in [7, 11) is 0. The topological polar surface area (TPSA) is 47.6 Å². The number of rotatable bonds is 7. The average molecular weight is 279 g/mol. The summed E-state index contributed by atoms with van der Waals surface area (Å²) >= 11 is 0. The van der Waals surface area contributed by atoms with Crippen molar-refractivity contribution in [2.45, 2.75) is 46.6 Å². The van der Waals surface area contributed by atoms with Crippen LogP contribution in [0.15, 0.2) is 24.3 Å². The van der Waals surface area contributed by atoms with E-state index in [4.69, 9.17) is 9.57 Å². The predicted molar refractivity (Wildman–Crippen MR) is 79.6 cm³/mol. The van der Waals surface area contributed by atoms with Crippen LogP contribution in [0.25, 0.3) is 0 Å². The molecule has 1 aromatic rings. The highest BCUT2D eigenvalue weighted by molar-refractivity contribution is 5.79. The summed E-state index contributed by atoms with van der Waals surface area (Å²) in [6, 6.07) is 7.80. The Morgan fingerprint density at radius 3 is 2.50 bits per heavy atom. The maximum atomic E-state index is 11.8. The van der Waals surface area contributed by atoms with Gasteiger partial charge in [-0.2, -0.15) is 0 Å². The lowest BCUT2D eigenvalue weighted by Crippen LogP contribution is -2.37. The van der Waals surface area contributed by atoms with E-state index >= 15 is 0 Å². The Balaban J connectivity index is 2.50. The molecule has 112 valence electrons. The Hall–Kier alpha value is -1.55. The molecule has 0 aliphatic heterocycles.